The molecule has 1 saturated heterocycles. The summed E-state index contributed by atoms with van der Waals surface area (Å²) in [5, 5.41) is 8.98. The number of aliphatic hydroxyl groups is 1. The SMILES string of the molecule is C[C@H]1CCO[C@@H](O)CC1. The van der Waals surface area contributed by atoms with Gasteiger partial charge in [-0.25, -0.2) is 0 Å². The molecule has 0 aromatic carbocycles. The van der Waals surface area contributed by atoms with Gasteiger partial charge in [0.25, 0.3) is 0 Å². The minimum absolute atomic E-state index is 0.491. The normalized spacial score (nSPS) is 38.0. The molecule has 2 nitrogen and oxygen atoms in total. The van der Waals surface area contributed by atoms with Gasteiger partial charge in [0.05, 0.1) is 0 Å². The summed E-state index contributed by atoms with van der Waals surface area (Å²) in [5.41, 5.74) is 0. The van der Waals surface area contributed by atoms with E-state index in [1.54, 1.807) is 0 Å². The minimum atomic E-state index is -0.491. The van der Waals surface area contributed by atoms with E-state index in [9.17, 15) is 0 Å². The Morgan fingerprint density at radius 3 is 2.89 bits per heavy atom. The molecule has 1 aliphatic heterocycles. The second kappa shape index (κ2) is 3.18. The maximum atomic E-state index is 8.98. The molecule has 0 spiro atoms. The Hall–Kier alpha value is -0.0800. The summed E-state index contributed by atoms with van der Waals surface area (Å²) in [6.07, 6.45) is 2.51. The van der Waals surface area contributed by atoms with Crippen molar-refractivity contribution in [3.05, 3.63) is 0 Å². The highest BCUT2D eigenvalue weighted by molar-refractivity contribution is 4.58. The summed E-state index contributed by atoms with van der Waals surface area (Å²) in [4.78, 5) is 0. The highest BCUT2D eigenvalue weighted by Gasteiger charge is 2.12. The van der Waals surface area contributed by atoms with Crippen molar-refractivity contribution in [1.29, 1.82) is 0 Å². The van der Waals surface area contributed by atoms with E-state index in [1.807, 2.05) is 0 Å². The average Bonchev–Trinajstić information content (AvgIpc) is 1.97. The van der Waals surface area contributed by atoms with E-state index in [-0.39, 0.29) is 0 Å². The van der Waals surface area contributed by atoms with Crippen molar-refractivity contribution in [1.82, 2.24) is 0 Å². The largest absolute Gasteiger partial charge is 0.368 e. The molecule has 0 radical (unpaired) electrons. The Labute approximate surface area is 55.8 Å². The molecule has 54 valence electrons. The summed E-state index contributed by atoms with van der Waals surface area (Å²) in [6, 6.07) is 0. The van der Waals surface area contributed by atoms with Gasteiger partial charge in [0, 0.05) is 6.61 Å². The first-order valence-electron chi connectivity index (χ1n) is 3.58. The number of rotatable bonds is 0. The van der Waals surface area contributed by atoms with Gasteiger partial charge in [0.2, 0.25) is 0 Å². The fraction of sp³-hybridized carbons (Fsp3) is 1.00. The molecule has 1 rings (SSSR count). The van der Waals surface area contributed by atoms with Crippen molar-refractivity contribution in [2.75, 3.05) is 6.61 Å². The molecule has 0 aromatic heterocycles. The predicted octanol–water partition coefficient (Wildman–Crippen LogP) is 1.14. The molecule has 0 bridgehead atoms. The zero-order valence-corrected chi connectivity index (χ0v) is 5.84. The van der Waals surface area contributed by atoms with Crippen LogP contribution in [0.3, 0.4) is 0 Å². The van der Waals surface area contributed by atoms with Crippen LogP contribution in [0.1, 0.15) is 26.2 Å². The summed E-state index contributed by atoms with van der Waals surface area (Å²) < 4.78 is 5.03. The molecule has 0 amide bonds. The molecule has 1 heterocycles. The monoisotopic (exact) mass is 130 g/mol. The maximum absolute atomic E-state index is 8.98. The second-order valence-corrected chi connectivity index (χ2v) is 2.80. The van der Waals surface area contributed by atoms with Crippen molar-refractivity contribution in [2.24, 2.45) is 5.92 Å². The quantitative estimate of drug-likeness (QED) is 0.533. The summed E-state index contributed by atoms with van der Waals surface area (Å²) in [5.74, 6) is 0.724. The van der Waals surface area contributed by atoms with Gasteiger partial charge in [-0.05, 0) is 25.2 Å². The van der Waals surface area contributed by atoms with Gasteiger partial charge in [0.15, 0.2) is 6.29 Å². The van der Waals surface area contributed by atoms with Crippen LogP contribution in [0.5, 0.6) is 0 Å². The van der Waals surface area contributed by atoms with Crippen molar-refractivity contribution >= 4 is 0 Å². The first-order valence-corrected chi connectivity index (χ1v) is 3.58. The number of hydrogen-bond acceptors (Lipinski definition) is 2. The molecule has 0 saturated carbocycles. The third-order valence-electron chi connectivity index (χ3n) is 1.83. The van der Waals surface area contributed by atoms with E-state index >= 15 is 0 Å². The lowest BCUT2D eigenvalue weighted by molar-refractivity contribution is -0.0955. The Morgan fingerprint density at radius 2 is 2.11 bits per heavy atom. The molecular formula is C7H14O2. The molecule has 1 aliphatic rings. The van der Waals surface area contributed by atoms with Gasteiger partial charge in [-0.2, -0.15) is 0 Å². The van der Waals surface area contributed by atoms with Crippen molar-refractivity contribution in [3.63, 3.8) is 0 Å². The van der Waals surface area contributed by atoms with Crippen molar-refractivity contribution in [2.45, 2.75) is 32.5 Å². The Morgan fingerprint density at radius 1 is 1.33 bits per heavy atom. The summed E-state index contributed by atoms with van der Waals surface area (Å²) in [6.45, 7) is 2.92. The molecule has 0 aromatic rings. The minimum Gasteiger partial charge on any atom is -0.368 e. The first kappa shape index (κ1) is 7.03. The lowest BCUT2D eigenvalue weighted by Gasteiger charge is -2.04. The van der Waals surface area contributed by atoms with Gasteiger partial charge in [0.1, 0.15) is 0 Å². The van der Waals surface area contributed by atoms with Crippen molar-refractivity contribution < 1.29 is 9.84 Å². The van der Waals surface area contributed by atoms with Gasteiger partial charge >= 0.3 is 0 Å². The zero-order valence-electron chi connectivity index (χ0n) is 5.84. The van der Waals surface area contributed by atoms with Gasteiger partial charge < -0.3 is 9.84 Å². The Balaban J connectivity index is 2.25. The lowest BCUT2D eigenvalue weighted by atomic mass is 10.0. The van der Waals surface area contributed by atoms with Crippen molar-refractivity contribution in [3.8, 4) is 0 Å². The zero-order chi connectivity index (χ0) is 6.69. The summed E-state index contributed by atoms with van der Waals surface area (Å²) >= 11 is 0. The van der Waals surface area contributed by atoms with Gasteiger partial charge in [-0.1, -0.05) is 6.92 Å². The molecule has 1 N–H and O–H groups in total. The third kappa shape index (κ3) is 2.33. The average molecular weight is 130 g/mol. The first-order chi connectivity index (χ1) is 4.29. The highest BCUT2D eigenvalue weighted by Crippen LogP contribution is 2.16. The van der Waals surface area contributed by atoms with Crippen LogP contribution in [-0.4, -0.2) is 18.0 Å². The van der Waals surface area contributed by atoms with Crippen LogP contribution < -0.4 is 0 Å². The molecule has 2 atom stereocenters. The molecule has 0 unspecified atom stereocenters. The summed E-state index contributed by atoms with van der Waals surface area (Å²) in [7, 11) is 0. The highest BCUT2D eigenvalue weighted by atomic mass is 16.6. The van der Waals surface area contributed by atoms with Crippen LogP contribution >= 0.6 is 0 Å². The molecular weight excluding hydrogens is 116 g/mol. The third-order valence-corrected chi connectivity index (χ3v) is 1.83. The Kier molecular flexibility index (Phi) is 2.49. The van der Waals surface area contributed by atoms with E-state index in [0.717, 1.165) is 31.8 Å². The maximum Gasteiger partial charge on any atom is 0.154 e. The predicted molar refractivity (Wildman–Crippen MR) is 35.0 cm³/mol. The standard InChI is InChI=1S/C7H14O2/c1-6-2-3-7(8)9-5-4-6/h6-8H,2-5H2,1H3/t6-,7-/m1/s1. The van der Waals surface area contributed by atoms with Crippen LogP contribution in [0.15, 0.2) is 0 Å². The molecule has 1 fully saturated rings. The number of aliphatic hydroxyl groups excluding tert-OH is 1. The van der Waals surface area contributed by atoms with Crippen LogP contribution in [0.2, 0.25) is 0 Å². The second-order valence-electron chi connectivity index (χ2n) is 2.80. The fourth-order valence-corrected chi connectivity index (χ4v) is 1.06. The fourth-order valence-electron chi connectivity index (χ4n) is 1.06. The van der Waals surface area contributed by atoms with E-state index in [4.69, 9.17) is 9.84 Å². The van der Waals surface area contributed by atoms with E-state index in [1.165, 1.54) is 0 Å². The topological polar surface area (TPSA) is 29.5 Å². The van der Waals surface area contributed by atoms with Crippen LogP contribution in [0, 0.1) is 5.92 Å². The molecule has 9 heavy (non-hydrogen) atoms. The van der Waals surface area contributed by atoms with Gasteiger partial charge in [-0.15, -0.1) is 0 Å². The molecule has 2 heteroatoms. The van der Waals surface area contributed by atoms with Gasteiger partial charge in [-0.3, -0.25) is 0 Å². The Bertz CT molecular complexity index is 73.0. The smallest absolute Gasteiger partial charge is 0.154 e. The van der Waals surface area contributed by atoms with E-state index in [2.05, 4.69) is 6.92 Å². The molecule has 0 aliphatic carbocycles. The lowest BCUT2D eigenvalue weighted by Crippen LogP contribution is -2.08. The number of hydrogen-bond donors (Lipinski definition) is 1. The number of ether oxygens (including phenoxy) is 1. The van der Waals surface area contributed by atoms with E-state index < -0.39 is 6.29 Å². The van der Waals surface area contributed by atoms with Crippen LogP contribution in [0.25, 0.3) is 0 Å². The van der Waals surface area contributed by atoms with E-state index in [0.29, 0.717) is 0 Å². The van der Waals surface area contributed by atoms with Crippen LogP contribution in [-0.2, 0) is 4.74 Å². The van der Waals surface area contributed by atoms with Crippen LogP contribution in [0.4, 0.5) is 0 Å².